The molecule has 3 nitrogen and oxygen atoms in total. The van der Waals surface area contributed by atoms with Gasteiger partial charge in [-0.2, -0.15) is 0 Å². The Labute approximate surface area is 126 Å². The highest BCUT2D eigenvalue weighted by molar-refractivity contribution is 5.55. The van der Waals surface area contributed by atoms with Crippen LogP contribution < -0.4 is 10.6 Å². The topological polar surface area (TPSA) is 32.5 Å². The van der Waals surface area contributed by atoms with E-state index in [0.717, 1.165) is 38.0 Å². The molecule has 1 aromatic rings. The summed E-state index contributed by atoms with van der Waals surface area (Å²) in [6.07, 6.45) is 4.29. The Bertz CT molecular complexity index is 491. The summed E-state index contributed by atoms with van der Waals surface area (Å²) in [6, 6.07) is 5.98. The summed E-state index contributed by atoms with van der Waals surface area (Å²) in [7, 11) is 0. The molecule has 4 heteroatoms. The Balaban J connectivity index is 1.80. The van der Waals surface area contributed by atoms with Crippen molar-refractivity contribution in [3.63, 3.8) is 0 Å². The number of nitrogens with two attached hydrogens (primary N) is 1. The molecule has 2 saturated heterocycles. The first-order valence-corrected chi connectivity index (χ1v) is 8.20. The quantitative estimate of drug-likeness (QED) is 0.924. The minimum atomic E-state index is -0.156. The molecule has 2 heterocycles. The summed E-state index contributed by atoms with van der Waals surface area (Å²) in [6.45, 7) is 6.56. The molecule has 2 N–H and O–H groups in total. The molecule has 0 bridgehead atoms. The third-order valence-corrected chi connectivity index (χ3v) is 4.98. The first-order valence-electron chi connectivity index (χ1n) is 8.20. The number of benzene rings is 1. The van der Waals surface area contributed by atoms with E-state index in [1.54, 1.807) is 12.1 Å². The molecular formula is C17H26FN3. The Hall–Kier alpha value is -1.13. The van der Waals surface area contributed by atoms with Gasteiger partial charge in [-0.3, -0.25) is 4.90 Å². The zero-order valence-electron chi connectivity index (χ0n) is 12.9. The molecule has 0 aliphatic carbocycles. The van der Waals surface area contributed by atoms with Crippen LogP contribution in [-0.4, -0.2) is 43.2 Å². The fourth-order valence-corrected chi connectivity index (χ4v) is 3.66. The van der Waals surface area contributed by atoms with E-state index in [2.05, 4.69) is 16.7 Å². The number of fused-ring (bicyclic) bond motifs is 1. The van der Waals surface area contributed by atoms with Crippen molar-refractivity contribution in [2.24, 2.45) is 5.73 Å². The summed E-state index contributed by atoms with van der Waals surface area (Å²) in [4.78, 5) is 5.03. The van der Waals surface area contributed by atoms with Crippen LogP contribution in [0.25, 0.3) is 0 Å². The standard InChI is InChI=1S/C17H26FN3/c1-2-15(19)11-13-10-14(18)5-6-17(13)21-9-8-20-7-3-4-16(20)12-21/h5-6,10,15-16H,2-4,7-9,11-12,19H2,1H3. The van der Waals surface area contributed by atoms with Crippen molar-refractivity contribution in [3.05, 3.63) is 29.6 Å². The monoisotopic (exact) mass is 291 g/mol. The molecule has 2 unspecified atom stereocenters. The van der Waals surface area contributed by atoms with Crippen molar-refractivity contribution in [1.82, 2.24) is 4.90 Å². The van der Waals surface area contributed by atoms with Crippen molar-refractivity contribution >= 4 is 5.69 Å². The van der Waals surface area contributed by atoms with Crippen molar-refractivity contribution in [1.29, 1.82) is 0 Å². The van der Waals surface area contributed by atoms with Gasteiger partial charge in [-0.05, 0) is 56.0 Å². The number of hydrogen-bond donors (Lipinski definition) is 1. The maximum Gasteiger partial charge on any atom is 0.123 e. The van der Waals surface area contributed by atoms with Crippen LogP contribution in [0.4, 0.5) is 10.1 Å². The fourth-order valence-electron chi connectivity index (χ4n) is 3.66. The third kappa shape index (κ3) is 3.22. The van der Waals surface area contributed by atoms with Gasteiger partial charge in [0.25, 0.3) is 0 Å². The Morgan fingerprint density at radius 3 is 3.00 bits per heavy atom. The van der Waals surface area contributed by atoms with Gasteiger partial charge in [-0.25, -0.2) is 4.39 Å². The predicted molar refractivity (Wildman–Crippen MR) is 85.2 cm³/mol. The van der Waals surface area contributed by atoms with Gasteiger partial charge in [0.05, 0.1) is 0 Å². The van der Waals surface area contributed by atoms with Crippen molar-refractivity contribution in [2.75, 3.05) is 31.1 Å². The molecule has 21 heavy (non-hydrogen) atoms. The molecule has 3 rings (SSSR count). The van der Waals surface area contributed by atoms with E-state index >= 15 is 0 Å². The summed E-state index contributed by atoms with van der Waals surface area (Å²) in [5.41, 5.74) is 8.34. The molecule has 0 amide bonds. The lowest BCUT2D eigenvalue weighted by molar-refractivity contribution is 0.231. The smallest absolute Gasteiger partial charge is 0.123 e. The van der Waals surface area contributed by atoms with E-state index in [9.17, 15) is 4.39 Å². The zero-order chi connectivity index (χ0) is 14.8. The third-order valence-electron chi connectivity index (χ3n) is 4.98. The van der Waals surface area contributed by atoms with Gasteiger partial charge < -0.3 is 10.6 Å². The van der Waals surface area contributed by atoms with Crippen LogP contribution in [0.1, 0.15) is 31.7 Å². The van der Waals surface area contributed by atoms with E-state index in [1.165, 1.54) is 25.1 Å². The molecule has 0 aromatic heterocycles. The first-order chi connectivity index (χ1) is 10.2. The maximum atomic E-state index is 13.6. The number of nitrogens with zero attached hydrogens (tertiary/aromatic N) is 2. The van der Waals surface area contributed by atoms with E-state index in [0.29, 0.717) is 6.04 Å². The van der Waals surface area contributed by atoms with Crippen LogP contribution >= 0.6 is 0 Å². The lowest BCUT2D eigenvalue weighted by Crippen LogP contribution is -2.50. The molecule has 1 aromatic carbocycles. The largest absolute Gasteiger partial charge is 0.368 e. The summed E-state index contributed by atoms with van der Waals surface area (Å²) in [5, 5.41) is 0. The molecule has 2 aliphatic heterocycles. The van der Waals surface area contributed by atoms with Crippen molar-refractivity contribution in [2.45, 2.75) is 44.7 Å². The summed E-state index contributed by atoms with van der Waals surface area (Å²) < 4.78 is 13.6. The van der Waals surface area contributed by atoms with Crippen LogP contribution in [0.2, 0.25) is 0 Å². The van der Waals surface area contributed by atoms with Gasteiger partial charge >= 0.3 is 0 Å². The molecule has 2 fully saturated rings. The van der Waals surface area contributed by atoms with Gasteiger partial charge in [0.1, 0.15) is 5.82 Å². The van der Waals surface area contributed by atoms with Gasteiger partial charge in [0, 0.05) is 37.4 Å². The second kappa shape index (κ2) is 6.32. The highest BCUT2D eigenvalue weighted by Crippen LogP contribution is 2.29. The average Bonchev–Trinajstić information content (AvgIpc) is 2.94. The Morgan fingerprint density at radius 1 is 1.33 bits per heavy atom. The molecule has 0 radical (unpaired) electrons. The Morgan fingerprint density at radius 2 is 2.19 bits per heavy atom. The lowest BCUT2D eigenvalue weighted by atomic mass is 10.0. The Kier molecular flexibility index (Phi) is 4.45. The lowest BCUT2D eigenvalue weighted by Gasteiger charge is -2.39. The number of hydrogen-bond acceptors (Lipinski definition) is 3. The molecule has 116 valence electrons. The van der Waals surface area contributed by atoms with Gasteiger partial charge in [0.15, 0.2) is 0 Å². The van der Waals surface area contributed by atoms with Crippen LogP contribution in [0, 0.1) is 5.82 Å². The van der Waals surface area contributed by atoms with Crippen LogP contribution in [0.3, 0.4) is 0 Å². The average molecular weight is 291 g/mol. The molecule has 2 atom stereocenters. The van der Waals surface area contributed by atoms with Gasteiger partial charge in [0.2, 0.25) is 0 Å². The minimum Gasteiger partial charge on any atom is -0.368 e. The van der Waals surface area contributed by atoms with E-state index in [4.69, 9.17) is 5.73 Å². The zero-order valence-corrected chi connectivity index (χ0v) is 12.9. The number of piperazine rings is 1. The molecular weight excluding hydrogens is 265 g/mol. The van der Waals surface area contributed by atoms with E-state index in [-0.39, 0.29) is 11.9 Å². The summed E-state index contributed by atoms with van der Waals surface area (Å²) >= 11 is 0. The summed E-state index contributed by atoms with van der Waals surface area (Å²) in [5.74, 6) is -0.156. The molecule has 0 saturated carbocycles. The highest BCUT2D eigenvalue weighted by Gasteiger charge is 2.31. The number of halogens is 1. The normalized spacial score (nSPS) is 24.1. The predicted octanol–water partition coefficient (Wildman–Crippen LogP) is 2.39. The van der Waals surface area contributed by atoms with E-state index in [1.807, 2.05) is 6.07 Å². The second-order valence-corrected chi connectivity index (χ2v) is 6.42. The number of anilines is 1. The first kappa shape index (κ1) is 14.8. The fraction of sp³-hybridized carbons (Fsp3) is 0.647. The van der Waals surface area contributed by atoms with Crippen molar-refractivity contribution < 1.29 is 4.39 Å². The SMILES string of the molecule is CCC(N)Cc1cc(F)ccc1N1CCN2CCCC2C1. The second-order valence-electron chi connectivity index (χ2n) is 6.42. The van der Waals surface area contributed by atoms with Crippen LogP contribution in [0.5, 0.6) is 0 Å². The molecule has 0 spiro atoms. The van der Waals surface area contributed by atoms with Crippen LogP contribution in [0.15, 0.2) is 18.2 Å². The number of rotatable bonds is 4. The van der Waals surface area contributed by atoms with Gasteiger partial charge in [-0.15, -0.1) is 0 Å². The molecule has 2 aliphatic rings. The minimum absolute atomic E-state index is 0.110. The van der Waals surface area contributed by atoms with Gasteiger partial charge in [-0.1, -0.05) is 6.92 Å². The van der Waals surface area contributed by atoms with Crippen molar-refractivity contribution in [3.8, 4) is 0 Å². The maximum absolute atomic E-state index is 13.6. The highest BCUT2D eigenvalue weighted by atomic mass is 19.1. The van der Waals surface area contributed by atoms with E-state index < -0.39 is 0 Å². The van der Waals surface area contributed by atoms with Crippen LogP contribution in [-0.2, 0) is 6.42 Å².